The second-order valence-corrected chi connectivity index (χ2v) is 9.83. The first kappa shape index (κ1) is 21.8. The molecular formula is C21H25BrN2O4S. The molecule has 156 valence electrons. The van der Waals surface area contributed by atoms with Crippen LogP contribution in [0.2, 0.25) is 0 Å². The zero-order valence-electron chi connectivity index (χ0n) is 16.2. The van der Waals surface area contributed by atoms with Gasteiger partial charge in [-0.3, -0.25) is 9.52 Å². The molecule has 1 fully saturated rings. The van der Waals surface area contributed by atoms with E-state index in [1.807, 2.05) is 6.92 Å². The first-order valence-corrected chi connectivity index (χ1v) is 11.9. The SMILES string of the molecule is CC(CCC1CCCO1)NC(=O)c1cccc(S(=O)(=O)Nc2ccc(Br)cc2)c1. The third-order valence-corrected chi connectivity index (χ3v) is 6.73. The third-order valence-electron chi connectivity index (χ3n) is 4.83. The minimum atomic E-state index is -3.79. The maximum atomic E-state index is 12.7. The summed E-state index contributed by atoms with van der Waals surface area (Å²) in [6, 6.07) is 12.8. The first-order valence-electron chi connectivity index (χ1n) is 9.64. The Balaban J connectivity index is 1.62. The lowest BCUT2D eigenvalue weighted by molar-refractivity contribution is 0.0899. The standard InChI is InChI=1S/C21H25BrN2O4S/c1-15(7-12-19-5-3-13-28-19)23-21(25)16-4-2-6-20(14-16)29(26,27)24-18-10-8-17(22)9-11-18/h2,4,6,8-11,14-15,19,24H,3,5,7,12-13H2,1H3,(H,23,25). The van der Waals surface area contributed by atoms with E-state index in [0.717, 1.165) is 36.8 Å². The molecule has 2 atom stereocenters. The van der Waals surface area contributed by atoms with Crippen LogP contribution >= 0.6 is 15.9 Å². The smallest absolute Gasteiger partial charge is 0.261 e. The van der Waals surface area contributed by atoms with E-state index in [4.69, 9.17) is 4.74 Å². The van der Waals surface area contributed by atoms with Crippen LogP contribution in [-0.2, 0) is 14.8 Å². The largest absolute Gasteiger partial charge is 0.378 e. The van der Waals surface area contributed by atoms with Gasteiger partial charge in [-0.2, -0.15) is 0 Å². The van der Waals surface area contributed by atoms with E-state index in [1.165, 1.54) is 12.1 Å². The lowest BCUT2D eigenvalue weighted by atomic mass is 10.1. The molecule has 8 heteroatoms. The van der Waals surface area contributed by atoms with Crippen LogP contribution in [0.5, 0.6) is 0 Å². The van der Waals surface area contributed by atoms with Crippen LogP contribution in [0.25, 0.3) is 0 Å². The van der Waals surface area contributed by atoms with Crippen molar-refractivity contribution >= 4 is 37.5 Å². The fourth-order valence-corrected chi connectivity index (χ4v) is 4.59. The third kappa shape index (κ3) is 6.29. The van der Waals surface area contributed by atoms with Crippen LogP contribution < -0.4 is 10.0 Å². The Bertz CT molecular complexity index is 941. The Morgan fingerprint density at radius 2 is 2.00 bits per heavy atom. The van der Waals surface area contributed by atoms with Gasteiger partial charge in [0.15, 0.2) is 0 Å². The van der Waals surface area contributed by atoms with Gasteiger partial charge in [0.2, 0.25) is 0 Å². The number of amides is 1. The van der Waals surface area contributed by atoms with Crippen molar-refractivity contribution in [3.05, 3.63) is 58.6 Å². The molecule has 1 saturated heterocycles. The van der Waals surface area contributed by atoms with E-state index in [2.05, 4.69) is 26.0 Å². The molecule has 3 rings (SSSR count). The second-order valence-electron chi connectivity index (χ2n) is 7.23. The van der Waals surface area contributed by atoms with Crippen molar-refractivity contribution in [3.63, 3.8) is 0 Å². The van der Waals surface area contributed by atoms with Crippen molar-refractivity contribution < 1.29 is 17.9 Å². The highest BCUT2D eigenvalue weighted by molar-refractivity contribution is 9.10. The summed E-state index contributed by atoms with van der Waals surface area (Å²) in [5, 5.41) is 2.94. The van der Waals surface area contributed by atoms with Crippen LogP contribution in [0, 0.1) is 0 Å². The molecule has 29 heavy (non-hydrogen) atoms. The Morgan fingerprint density at radius 3 is 2.69 bits per heavy atom. The summed E-state index contributed by atoms with van der Waals surface area (Å²) in [6.45, 7) is 2.77. The predicted octanol–water partition coefficient (Wildman–Crippen LogP) is 4.33. The van der Waals surface area contributed by atoms with Gasteiger partial charge in [-0.1, -0.05) is 22.0 Å². The molecule has 1 aliphatic rings. The Labute approximate surface area is 180 Å². The van der Waals surface area contributed by atoms with Crippen LogP contribution in [-0.4, -0.2) is 33.1 Å². The number of carbonyl (C=O) groups excluding carboxylic acids is 1. The van der Waals surface area contributed by atoms with Crippen molar-refractivity contribution in [2.24, 2.45) is 0 Å². The molecule has 6 nitrogen and oxygen atoms in total. The first-order chi connectivity index (χ1) is 13.8. The fraction of sp³-hybridized carbons (Fsp3) is 0.381. The van der Waals surface area contributed by atoms with Crippen molar-refractivity contribution in [1.82, 2.24) is 5.32 Å². The zero-order valence-corrected chi connectivity index (χ0v) is 18.6. The van der Waals surface area contributed by atoms with Gasteiger partial charge in [-0.15, -0.1) is 0 Å². The van der Waals surface area contributed by atoms with Crippen molar-refractivity contribution in [2.45, 2.75) is 49.6 Å². The number of ether oxygens (including phenoxy) is 1. The summed E-state index contributed by atoms with van der Waals surface area (Å²) < 4.78 is 34.3. The molecule has 1 amide bonds. The highest BCUT2D eigenvalue weighted by Gasteiger charge is 2.19. The number of anilines is 1. The van der Waals surface area contributed by atoms with Gasteiger partial charge >= 0.3 is 0 Å². The summed E-state index contributed by atoms with van der Waals surface area (Å²) in [5.41, 5.74) is 0.762. The van der Waals surface area contributed by atoms with Gasteiger partial charge in [-0.25, -0.2) is 8.42 Å². The normalized spacial score (nSPS) is 17.7. The van der Waals surface area contributed by atoms with Gasteiger partial charge in [0.25, 0.3) is 15.9 Å². The minimum absolute atomic E-state index is 0.0205. The van der Waals surface area contributed by atoms with Crippen molar-refractivity contribution in [1.29, 1.82) is 0 Å². The van der Waals surface area contributed by atoms with Gasteiger partial charge < -0.3 is 10.1 Å². The Kier molecular flexibility index (Phi) is 7.32. The number of carbonyl (C=O) groups is 1. The van der Waals surface area contributed by atoms with Crippen molar-refractivity contribution in [3.8, 4) is 0 Å². The molecule has 1 heterocycles. The molecule has 0 bridgehead atoms. The van der Waals surface area contributed by atoms with E-state index in [9.17, 15) is 13.2 Å². The fourth-order valence-electron chi connectivity index (χ4n) is 3.22. The summed E-state index contributed by atoms with van der Waals surface area (Å²) >= 11 is 3.32. The van der Waals surface area contributed by atoms with Crippen LogP contribution in [0.1, 0.15) is 43.0 Å². The van der Waals surface area contributed by atoms with E-state index < -0.39 is 10.0 Å². The van der Waals surface area contributed by atoms with Gasteiger partial charge in [0.1, 0.15) is 0 Å². The molecule has 0 aromatic heterocycles. The molecule has 2 unspecified atom stereocenters. The van der Waals surface area contributed by atoms with Crippen LogP contribution in [0.4, 0.5) is 5.69 Å². The summed E-state index contributed by atoms with van der Waals surface area (Å²) in [6.07, 6.45) is 4.19. The van der Waals surface area contributed by atoms with E-state index >= 15 is 0 Å². The highest BCUT2D eigenvalue weighted by Crippen LogP contribution is 2.20. The summed E-state index contributed by atoms with van der Waals surface area (Å²) in [5.74, 6) is -0.287. The molecule has 2 aromatic carbocycles. The second kappa shape index (κ2) is 9.73. The quantitative estimate of drug-likeness (QED) is 0.588. The molecule has 2 aromatic rings. The van der Waals surface area contributed by atoms with Gasteiger partial charge in [0.05, 0.1) is 11.0 Å². The number of halogens is 1. The van der Waals surface area contributed by atoms with E-state index in [-0.39, 0.29) is 22.9 Å². The molecule has 0 spiro atoms. The van der Waals surface area contributed by atoms with Gasteiger partial charge in [-0.05, 0) is 75.1 Å². The van der Waals surface area contributed by atoms with Crippen LogP contribution in [0.3, 0.4) is 0 Å². The maximum Gasteiger partial charge on any atom is 0.261 e. The summed E-state index contributed by atoms with van der Waals surface area (Å²) in [4.78, 5) is 12.6. The molecule has 0 aliphatic carbocycles. The Morgan fingerprint density at radius 1 is 1.24 bits per heavy atom. The monoisotopic (exact) mass is 480 g/mol. The number of benzene rings is 2. The molecule has 1 aliphatic heterocycles. The number of sulfonamides is 1. The molecular weight excluding hydrogens is 456 g/mol. The maximum absolute atomic E-state index is 12.7. The topological polar surface area (TPSA) is 84.5 Å². The zero-order chi connectivity index (χ0) is 20.9. The number of hydrogen-bond donors (Lipinski definition) is 2. The van der Waals surface area contributed by atoms with Gasteiger partial charge in [0, 0.05) is 28.4 Å². The predicted molar refractivity (Wildman–Crippen MR) is 117 cm³/mol. The molecule has 0 radical (unpaired) electrons. The molecule has 2 N–H and O–H groups in total. The van der Waals surface area contributed by atoms with E-state index in [0.29, 0.717) is 11.3 Å². The lowest BCUT2D eigenvalue weighted by Crippen LogP contribution is -2.33. The minimum Gasteiger partial charge on any atom is -0.378 e. The lowest BCUT2D eigenvalue weighted by Gasteiger charge is -2.16. The summed E-state index contributed by atoms with van der Waals surface area (Å²) in [7, 11) is -3.79. The Hall–Kier alpha value is -1.90. The van der Waals surface area contributed by atoms with Crippen LogP contribution in [0.15, 0.2) is 57.9 Å². The van der Waals surface area contributed by atoms with Crippen molar-refractivity contribution in [2.75, 3.05) is 11.3 Å². The number of nitrogens with one attached hydrogen (secondary N) is 2. The number of hydrogen-bond acceptors (Lipinski definition) is 4. The molecule has 0 saturated carbocycles. The highest BCUT2D eigenvalue weighted by atomic mass is 79.9. The average molecular weight is 481 g/mol. The average Bonchev–Trinajstić information content (AvgIpc) is 3.22. The van der Waals surface area contributed by atoms with E-state index in [1.54, 1.807) is 36.4 Å². The number of rotatable bonds is 8.